The number of thiophene rings is 1. The molecule has 0 unspecified atom stereocenters. The highest BCUT2D eigenvalue weighted by atomic mass is 32.1. The Hall–Kier alpha value is -2.99. The number of benzene rings is 1. The molecule has 0 saturated heterocycles. The van der Waals surface area contributed by atoms with Crippen LogP contribution < -0.4 is 10.3 Å². The summed E-state index contributed by atoms with van der Waals surface area (Å²) >= 11 is 1.53. The van der Waals surface area contributed by atoms with E-state index in [2.05, 4.69) is 15.0 Å². The van der Waals surface area contributed by atoms with Crippen LogP contribution in [0.1, 0.15) is 10.4 Å². The number of hydrogen-bond acceptors (Lipinski definition) is 5. The van der Waals surface area contributed by atoms with Crippen LogP contribution in [0.4, 0.5) is 0 Å². The van der Waals surface area contributed by atoms with E-state index in [1.165, 1.54) is 11.3 Å². The SMILES string of the molecule is COc1ccc(-c2c(C)sc3nc(-c4ccncc4)[nH]c(=O)c23)cc1C. The molecule has 0 aliphatic rings. The molecule has 6 heteroatoms. The maximum Gasteiger partial charge on any atom is 0.260 e. The van der Waals surface area contributed by atoms with E-state index >= 15 is 0 Å². The Morgan fingerprint density at radius 3 is 2.54 bits per heavy atom. The number of rotatable bonds is 3. The summed E-state index contributed by atoms with van der Waals surface area (Å²) in [6, 6.07) is 9.62. The van der Waals surface area contributed by atoms with E-state index in [0.717, 1.165) is 37.7 Å². The van der Waals surface area contributed by atoms with Crippen molar-refractivity contribution in [1.82, 2.24) is 15.0 Å². The van der Waals surface area contributed by atoms with Crippen LogP contribution in [-0.4, -0.2) is 22.1 Å². The van der Waals surface area contributed by atoms with Gasteiger partial charge in [-0.3, -0.25) is 9.78 Å². The van der Waals surface area contributed by atoms with Crippen molar-refractivity contribution in [2.75, 3.05) is 7.11 Å². The second-order valence-corrected chi connectivity index (χ2v) is 7.25. The minimum absolute atomic E-state index is 0.130. The molecule has 130 valence electrons. The molecule has 0 aliphatic carbocycles. The number of fused-ring (bicyclic) bond motifs is 1. The zero-order chi connectivity index (χ0) is 18.3. The first-order chi connectivity index (χ1) is 12.6. The standard InChI is InChI=1S/C20H17N3O2S/c1-11-10-14(4-5-15(11)25-3)16-12(2)26-20-17(16)19(24)22-18(23-20)13-6-8-21-9-7-13/h4-10H,1-3H3,(H,22,23,24). The van der Waals surface area contributed by atoms with Gasteiger partial charge in [-0.1, -0.05) is 6.07 Å². The van der Waals surface area contributed by atoms with E-state index in [-0.39, 0.29) is 5.56 Å². The summed E-state index contributed by atoms with van der Waals surface area (Å²) in [7, 11) is 1.66. The van der Waals surface area contributed by atoms with Crippen LogP contribution in [0.3, 0.4) is 0 Å². The molecule has 1 aromatic carbocycles. The van der Waals surface area contributed by atoms with Gasteiger partial charge in [-0.15, -0.1) is 11.3 Å². The van der Waals surface area contributed by atoms with Crippen molar-refractivity contribution in [3.05, 3.63) is 63.5 Å². The Kier molecular flexibility index (Phi) is 4.05. The highest BCUT2D eigenvalue weighted by Crippen LogP contribution is 2.37. The van der Waals surface area contributed by atoms with Crippen LogP contribution in [0, 0.1) is 13.8 Å². The number of nitrogens with one attached hydrogen (secondary N) is 1. The molecule has 4 rings (SSSR count). The number of methoxy groups -OCH3 is 1. The fourth-order valence-electron chi connectivity index (χ4n) is 3.15. The third kappa shape index (κ3) is 2.68. The first-order valence-corrected chi connectivity index (χ1v) is 8.99. The van der Waals surface area contributed by atoms with E-state index in [1.807, 2.05) is 44.2 Å². The van der Waals surface area contributed by atoms with Gasteiger partial charge in [0.25, 0.3) is 5.56 Å². The molecule has 1 N–H and O–H groups in total. The predicted molar refractivity (Wildman–Crippen MR) is 105 cm³/mol. The zero-order valence-corrected chi connectivity index (χ0v) is 15.5. The van der Waals surface area contributed by atoms with Crippen LogP contribution in [0.25, 0.3) is 32.7 Å². The van der Waals surface area contributed by atoms with Crippen molar-refractivity contribution in [3.8, 4) is 28.3 Å². The van der Waals surface area contributed by atoms with Crippen LogP contribution in [0.5, 0.6) is 5.75 Å². The molecule has 3 heterocycles. The first-order valence-electron chi connectivity index (χ1n) is 8.17. The second kappa shape index (κ2) is 6.38. The summed E-state index contributed by atoms with van der Waals surface area (Å²) < 4.78 is 5.34. The Morgan fingerprint density at radius 2 is 1.85 bits per heavy atom. The third-order valence-electron chi connectivity index (χ3n) is 4.38. The third-order valence-corrected chi connectivity index (χ3v) is 5.37. The molecule has 0 radical (unpaired) electrons. The average Bonchev–Trinajstić information content (AvgIpc) is 2.98. The van der Waals surface area contributed by atoms with Gasteiger partial charge in [-0.05, 0) is 49.2 Å². The lowest BCUT2D eigenvalue weighted by atomic mass is 10.0. The number of aromatic nitrogens is 3. The summed E-state index contributed by atoms with van der Waals surface area (Å²) in [6.07, 6.45) is 3.37. The lowest BCUT2D eigenvalue weighted by Gasteiger charge is -2.08. The van der Waals surface area contributed by atoms with Gasteiger partial charge in [0.15, 0.2) is 0 Å². The predicted octanol–water partition coefficient (Wildman–Crippen LogP) is 4.34. The topological polar surface area (TPSA) is 67.9 Å². The first kappa shape index (κ1) is 16.5. The summed E-state index contributed by atoms with van der Waals surface area (Å²) in [5.74, 6) is 1.39. The van der Waals surface area contributed by atoms with Gasteiger partial charge in [-0.25, -0.2) is 4.98 Å². The summed E-state index contributed by atoms with van der Waals surface area (Å²) in [5.41, 5.74) is 3.67. The molecule has 0 aliphatic heterocycles. The van der Waals surface area contributed by atoms with E-state index in [0.29, 0.717) is 11.2 Å². The molecular weight excluding hydrogens is 346 g/mol. The largest absolute Gasteiger partial charge is 0.496 e. The van der Waals surface area contributed by atoms with Crippen molar-refractivity contribution in [2.24, 2.45) is 0 Å². The van der Waals surface area contributed by atoms with Crippen LogP contribution >= 0.6 is 11.3 Å². The van der Waals surface area contributed by atoms with E-state index in [4.69, 9.17) is 4.74 Å². The lowest BCUT2D eigenvalue weighted by molar-refractivity contribution is 0.412. The summed E-state index contributed by atoms with van der Waals surface area (Å²) in [6.45, 7) is 4.02. The maximum atomic E-state index is 12.9. The van der Waals surface area contributed by atoms with Gasteiger partial charge in [0.2, 0.25) is 0 Å². The number of pyridine rings is 1. The minimum atomic E-state index is -0.130. The van der Waals surface area contributed by atoms with E-state index in [1.54, 1.807) is 19.5 Å². The fourth-order valence-corrected chi connectivity index (χ4v) is 4.19. The number of aryl methyl sites for hydroxylation is 2. The van der Waals surface area contributed by atoms with Gasteiger partial charge in [-0.2, -0.15) is 0 Å². The normalized spacial score (nSPS) is 11.0. The smallest absolute Gasteiger partial charge is 0.260 e. The second-order valence-electron chi connectivity index (χ2n) is 6.05. The maximum absolute atomic E-state index is 12.9. The highest BCUT2D eigenvalue weighted by molar-refractivity contribution is 7.19. The fraction of sp³-hybridized carbons (Fsp3) is 0.150. The van der Waals surface area contributed by atoms with Gasteiger partial charge in [0, 0.05) is 28.4 Å². The molecule has 0 amide bonds. The summed E-state index contributed by atoms with van der Waals surface area (Å²) in [4.78, 5) is 26.3. The van der Waals surface area contributed by atoms with Crippen molar-refractivity contribution < 1.29 is 4.74 Å². The van der Waals surface area contributed by atoms with Crippen LogP contribution in [-0.2, 0) is 0 Å². The van der Waals surface area contributed by atoms with Crippen molar-refractivity contribution in [2.45, 2.75) is 13.8 Å². The molecule has 0 atom stereocenters. The Balaban J connectivity index is 1.94. The molecule has 0 spiro atoms. The van der Waals surface area contributed by atoms with Crippen molar-refractivity contribution >= 4 is 21.6 Å². The van der Waals surface area contributed by atoms with E-state index < -0.39 is 0 Å². The lowest BCUT2D eigenvalue weighted by Crippen LogP contribution is -2.09. The molecule has 3 aromatic heterocycles. The Morgan fingerprint density at radius 1 is 1.08 bits per heavy atom. The monoisotopic (exact) mass is 363 g/mol. The van der Waals surface area contributed by atoms with Gasteiger partial charge in [0.05, 0.1) is 12.5 Å². The van der Waals surface area contributed by atoms with Crippen molar-refractivity contribution in [3.63, 3.8) is 0 Å². The van der Waals surface area contributed by atoms with Crippen molar-refractivity contribution in [1.29, 1.82) is 0 Å². The number of aromatic amines is 1. The number of hydrogen-bond donors (Lipinski definition) is 1. The van der Waals surface area contributed by atoms with Gasteiger partial charge >= 0.3 is 0 Å². The van der Waals surface area contributed by atoms with Gasteiger partial charge in [0.1, 0.15) is 16.4 Å². The molecule has 0 bridgehead atoms. The molecule has 0 saturated carbocycles. The number of nitrogens with zero attached hydrogens (tertiary/aromatic N) is 2. The Labute approximate surface area is 154 Å². The van der Waals surface area contributed by atoms with Crippen LogP contribution in [0.15, 0.2) is 47.5 Å². The number of H-pyrrole nitrogens is 1. The summed E-state index contributed by atoms with van der Waals surface area (Å²) in [5, 5.41) is 0.634. The molecule has 5 nitrogen and oxygen atoms in total. The molecule has 4 aromatic rings. The minimum Gasteiger partial charge on any atom is -0.496 e. The van der Waals surface area contributed by atoms with Crippen LogP contribution in [0.2, 0.25) is 0 Å². The quantitative estimate of drug-likeness (QED) is 0.588. The molecule has 26 heavy (non-hydrogen) atoms. The van der Waals surface area contributed by atoms with Gasteiger partial charge < -0.3 is 9.72 Å². The number of ether oxygens (including phenoxy) is 1. The zero-order valence-electron chi connectivity index (χ0n) is 14.7. The van der Waals surface area contributed by atoms with E-state index in [9.17, 15) is 4.79 Å². The highest BCUT2D eigenvalue weighted by Gasteiger charge is 2.17. The molecular formula is C20H17N3O2S. The Bertz CT molecular complexity index is 1160. The molecule has 0 fully saturated rings. The average molecular weight is 363 g/mol.